The van der Waals surface area contributed by atoms with E-state index in [2.05, 4.69) is 0 Å². The summed E-state index contributed by atoms with van der Waals surface area (Å²) in [5, 5.41) is 0. The largest absolute Gasteiger partial charge is 0.510 e. The predicted octanol–water partition coefficient (Wildman–Crippen LogP) is 0.996. The average Bonchev–Trinajstić information content (AvgIpc) is 3.42. The lowest BCUT2D eigenvalue weighted by molar-refractivity contribution is -0.142. The molecule has 3 aliphatic rings. The summed E-state index contributed by atoms with van der Waals surface area (Å²) in [7, 11) is 0. The minimum Gasteiger partial charge on any atom is -0.430 e. The van der Waals surface area contributed by atoms with Gasteiger partial charge in [-0.25, -0.2) is 14.4 Å². The maximum Gasteiger partial charge on any atom is 0.510 e. The molecule has 0 spiro atoms. The Labute approximate surface area is 166 Å². The maximum absolute atomic E-state index is 11.1. The van der Waals surface area contributed by atoms with Crippen LogP contribution < -0.4 is 0 Å². The lowest BCUT2D eigenvalue weighted by atomic mass is 9.88. The van der Waals surface area contributed by atoms with Crippen molar-refractivity contribution in [2.45, 2.75) is 31.8 Å². The highest BCUT2D eigenvalue weighted by Crippen LogP contribution is 2.26. The molecule has 3 heterocycles. The van der Waals surface area contributed by atoms with Gasteiger partial charge in [-0.3, -0.25) is 0 Å². The van der Waals surface area contributed by atoms with E-state index in [0.717, 1.165) is 0 Å². The first-order valence-corrected chi connectivity index (χ1v) is 9.25. The molecule has 3 aliphatic heterocycles. The number of carbonyl (C=O) groups excluding carboxylic acids is 3. The maximum atomic E-state index is 11.1. The van der Waals surface area contributed by atoms with Gasteiger partial charge in [0.15, 0.2) is 18.8 Å². The molecule has 0 N–H and O–H groups in total. The van der Waals surface area contributed by atoms with Crippen LogP contribution in [0.15, 0.2) is 0 Å². The van der Waals surface area contributed by atoms with Crippen LogP contribution in [0.5, 0.6) is 0 Å². The zero-order valence-electron chi connectivity index (χ0n) is 16.0. The molecule has 0 aromatic heterocycles. The summed E-state index contributed by atoms with van der Waals surface area (Å²) in [5.74, 6) is 0. The summed E-state index contributed by atoms with van der Waals surface area (Å²) in [6.07, 6.45) is -3.36. The summed E-state index contributed by atoms with van der Waals surface area (Å²) >= 11 is 0. The van der Waals surface area contributed by atoms with Crippen molar-refractivity contribution in [3.05, 3.63) is 0 Å². The second-order valence-corrected chi connectivity index (χ2v) is 6.90. The molecule has 0 aromatic rings. The van der Waals surface area contributed by atoms with Crippen molar-refractivity contribution in [1.82, 2.24) is 0 Å². The predicted molar refractivity (Wildman–Crippen MR) is 89.0 cm³/mol. The van der Waals surface area contributed by atoms with E-state index in [9.17, 15) is 14.4 Å². The topological polar surface area (TPSA) is 134 Å². The van der Waals surface area contributed by atoms with Crippen molar-refractivity contribution in [1.29, 1.82) is 0 Å². The summed E-state index contributed by atoms with van der Waals surface area (Å²) in [6.45, 7) is 3.12. The summed E-state index contributed by atoms with van der Waals surface area (Å²) < 4.78 is 46.0. The lowest BCUT2D eigenvalue weighted by Crippen LogP contribution is -2.40. The molecule has 12 heteroatoms. The first-order chi connectivity index (χ1) is 14.0. The molecule has 3 unspecified atom stereocenters. The standard InChI is InChI=1S/C17H24O12/c1-2-17(10-26-13-7-25-16(20)29-13,8-21-3-11-5-23-14(18)27-11)9-22-4-12-6-24-15(19)28-12/h11-13H,2-10H2,1H3. The van der Waals surface area contributed by atoms with E-state index in [4.69, 9.17) is 42.6 Å². The van der Waals surface area contributed by atoms with Gasteiger partial charge in [0.25, 0.3) is 0 Å². The van der Waals surface area contributed by atoms with E-state index >= 15 is 0 Å². The van der Waals surface area contributed by atoms with Crippen molar-refractivity contribution in [2.24, 2.45) is 5.41 Å². The molecule has 0 aromatic carbocycles. The van der Waals surface area contributed by atoms with Crippen LogP contribution in [0.3, 0.4) is 0 Å². The number of rotatable bonds is 12. The molecule has 29 heavy (non-hydrogen) atoms. The Morgan fingerprint density at radius 2 is 1.31 bits per heavy atom. The molecule has 12 nitrogen and oxygen atoms in total. The third-order valence-electron chi connectivity index (χ3n) is 4.61. The number of ether oxygens (including phenoxy) is 9. The smallest absolute Gasteiger partial charge is 0.430 e. The van der Waals surface area contributed by atoms with E-state index in [1.807, 2.05) is 6.92 Å². The Kier molecular flexibility index (Phi) is 7.34. The van der Waals surface area contributed by atoms with Crippen LogP contribution in [0.4, 0.5) is 14.4 Å². The van der Waals surface area contributed by atoms with Crippen LogP contribution in [0.1, 0.15) is 13.3 Å². The van der Waals surface area contributed by atoms with Crippen LogP contribution in [0, 0.1) is 5.41 Å². The van der Waals surface area contributed by atoms with Crippen LogP contribution >= 0.6 is 0 Å². The number of carbonyl (C=O) groups is 3. The number of hydrogen-bond donors (Lipinski definition) is 0. The van der Waals surface area contributed by atoms with Crippen molar-refractivity contribution < 1.29 is 57.0 Å². The van der Waals surface area contributed by atoms with Gasteiger partial charge in [-0.05, 0) is 6.42 Å². The van der Waals surface area contributed by atoms with Gasteiger partial charge in [-0.2, -0.15) is 0 Å². The van der Waals surface area contributed by atoms with Crippen molar-refractivity contribution >= 4 is 18.5 Å². The van der Waals surface area contributed by atoms with E-state index in [1.54, 1.807) is 0 Å². The van der Waals surface area contributed by atoms with Gasteiger partial charge in [0.2, 0.25) is 6.29 Å². The first kappa shape index (κ1) is 21.4. The quantitative estimate of drug-likeness (QED) is 0.329. The summed E-state index contributed by atoms with van der Waals surface area (Å²) in [4.78, 5) is 33.1. The minimum absolute atomic E-state index is 0.00503. The lowest BCUT2D eigenvalue weighted by Gasteiger charge is -2.33. The normalized spacial score (nSPS) is 28.0. The molecule has 3 fully saturated rings. The third kappa shape index (κ3) is 6.34. The minimum atomic E-state index is -0.804. The van der Waals surface area contributed by atoms with Gasteiger partial charge < -0.3 is 42.6 Å². The fourth-order valence-electron chi connectivity index (χ4n) is 2.80. The second kappa shape index (κ2) is 9.94. The monoisotopic (exact) mass is 420 g/mol. The number of cyclic esters (lactones) is 6. The summed E-state index contributed by atoms with van der Waals surface area (Å²) in [5.41, 5.74) is -0.595. The average molecular weight is 420 g/mol. The zero-order chi connectivity index (χ0) is 20.7. The third-order valence-corrected chi connectivity index (χ3v) is 4.61. The highest BCUT2D eigenvalue weighted by molar-refractivity contribution is 5.62. The number of hydrogen-bond acceptors (Lipinski definition) is 12. The molecule has 0 saturated carbocycles. The van der Waals surface area contributed by atoms with Crippen molar-refractivity contribution in [3.8, 4) is 0 Å². The van der Waals surface area contributed by atoms with Crippen LogP contribution in [0.25, 0.3) is 0 Å². The molecule has 0 aliphatic carbocycles. The van der Waals surface area contributed by atoms with E-state index < -0.39 is 42.4 Å². The highest BCUT2D eigenvalue weighted by Gasteiger charge is 2.36. The van der Waals surface area contributed by atoms with E-state index in [0.29, 0.717) is 6.42 Å². The Hall–Kier alpha value is -2.31. The van der Waals surface area contributed by atoms with Gasteiger partial charge >= 0.3 is 18.5 Å². The Balaban J connectivity index is 1.49. The van der Waals surface area contributed by atoms with Crippen LogP contribution in [-0.2, 0) is 42.6 Å². The second-order valence-electron chi connectivity index (χ2n) is 6.90. The van der Waals surface area contributed by atoms with E-state index in [1.165, 1.54) is 0 Å². The van der Waals surface area contributed by atoms with E-state index in [-0.39, 0.29) is 52.9 Å². The van der Waals surface area contributed by atoms with Gasteiger partial charge in [-0.15, -0.1) is 0 Å². The summed E-state index contributed by atoms with van der Waals surface area (Å²) in [6, 6.07) is 0. The van der Waals surface area contributed by atoms with Gasteiger partial charge in [-0.1, -0.05) is 6.92 Å². The zero-order valence-corrected chi connectivity index (χ0v) is 16.0. The van der Waals surface area contributed by atoms with Gasteiger partial charge in [0.1, 0.15) is 13.2 Å². The molecule has 0 amide bonds. The molecule has 0 radical (unpaired) electrons. The molecular weight excluding hydrogens is 396 g/mol. The Morgan fingerprint density at radius 3 is 1.72 bits per heavy atom. The molecule has 0 bridgehead atoms. The molecule has 164 valence electrons. The molecule has 3 rings (SSSR count). The molecule has 3 atom stereocenters. The Morgan fingerprint density at radius 1 is 0.793 bits per heavy atom. The highest BCUT2D eigenvalue weighted by atomic mass is 16.8. The van der Waals surface area contributed by atoms with Crippen molar-refractivity contribution in [3.63, 3.8) is 0 Å². The molecular formula is C17H24O12. The SMILES string of the molecule is CCC(COCC1COC(=O)O1)(COCC1COC(=O)O1)COC1COC(=O)O1. The van der Waals surface area contributed by atoms with Gasteiger partial charge in [0.05, 0.1) is 33.0 Å². The molecule has 3 saturated heterocycles. The Bertz CT molecular complexity index is 561. The van der Waals surface area contributed by atoms with Gasteiger partial charge in [0, 0.05) is 5.41 Å². The fourth-order valence-corrected chi connectivity index (χ4v) is 2.80. The first-order valence-electron chi connectivity index (χ1n) is 9.25. The fraction of sp³-hybridized carbons (Fsp3) is 0.824. The van der Waals surface area contributed by atoms with Crippen molar-refractivity contribution in [2.75, 3.05) is 52.9 Å². The van der Waals surface area contributed by atoms with Crippen LogP contribution in [-0.4, -0.2) is 89.8 Å². The van der Waals surface area contributed by atoms with Crippen LogP contribution in [0.2, 0.25) is 0 Å².